The van der Waals surface area contributed by atoms with Crippen molar-refractivity contribution in [2.45, 2.75) is 19.1 Å². The van der Waals surface area contributed by atoms with Crippen LogP contribution in [0.2, 0.25) is 10.0 Å². The minimum atomic E-state index is -0.757. The van der Waals surface area contributed by atoms with Gasteiger partial charge in [-0.3, -0.25) is 0 Å². The molecular formula is C13H16Cl2N2O3S. The molecule has 0 aromatic heterocycles. The van der Waals surface area contributed by atoms with Gasteiger partial charge in [0.2, 0.25) is 0 Å². The highest BCUT2D eigenvalue weighted by Gasteiger charge is 2.21. The molecule has 21 heavy (non-hydrogen) atoms. The van der Waals surface area contributed by atoms with Gasteiger partial charge in [-0.15, -0.1) is 0 Å². The number of benzene rings is 1. The second kappa shape index (κ2) is 9.02. The van der Waals surface area contributed by atoms with Crippen molar-refractivity contribution in [3.05, 3.63) is 33.8 Å². The molecule has 8 heteroatoms. The Morgan fingerprint density at radius 3 is 2.67 bits per heavy atom. The maximum absolute atomic E-state index is 11.9. The molecule has 5 nitrogen and oxygen atoms in total. The summed E-state index contributed by atoms with van der Waals surface area (Å²) in [5.41, 5.74) is 5.76. The van der Waals surface area contributed by atoms with Crippen molar-refractivity contribution >= 4 is 47.0 Å². The predicted octanol–water partition coefficient (Wildman–Crippen LogP) is 2.83. The van der Waals surface area contributed by atoms with Crippen LogP contribution in [0.1, 0.15) is 12.0 Å². The van der Waals surface area contributed by atoms with E-state index in [0.29, 0.717) is 27.8 Å². The smallest absolute Gasteiger partial charge is 0.329 e. The average Bonchev–Trinajstić information content (AvgIpc) is 2.44. The summed E-state index contributed by atoms with van der Waals surface area (Å²) >= 11 is 13.2. The van der Waals surface area contributed by atoms with E-state index in [9.17, 15) is 9.59 Å². The molecule has 0 aliphatic rings. The Labute approximate surface area is 137 Å². The van der Waals surface area contributed by atoms with E-state index in [1.807, 2.05) is 6.26 Å². The zero-order valence-corrected chi connectivity index (χ0v) is 13.7. The van der Waals surface area contributed by atoms with E-state index >= 15 is 0 Å². The number of rotatable bonds is 7. The average molecular weight is 351 g/mol. The summed E-state index contributed by atoms with van der Waals surface area (Å²) in [6.45, 7) is 0.0476. The second-order valence-corrected chi connectivity index (χ2v) is 6.00. The van der Waals surface area contributed by atoms with Crippen molar-refractivity contribution in [3.63, 3.8) is 0 Å². The van der Waals surface area contributed by atoms with Crippen LogP contribution in [0.15, 0.2) is 18.2 Å². The molecule has 1 atom stereocenters. The lowest BCUT2D eigenvalue weighted by Gasteiger charge is -2.16. The number of primary amides is 1. The topological polar surface area (TPSA) is 81.4 Å². The molecule has 1 aromatic carbocycles. The fourth-order valence-electron chi connectivity index (χ4n) is 1.54. The number of urea groups is 1. The van der Waals surface area contributed by atoms with Crippen molar-refractivity contribution in [2.24, 2.45) is 5.73 Å². The van der Waals surface area contributed by atoms with Gasteiger partial charge in [0.05, 0.1) is 10.0 Å². The SMILES string of the molecule is CSCC[C@@H](NC(N)=O)C(=O)OCc1ccc(Cl)c(Cl)c1. The van der Waals surface area contributed by atoms with Gasteiger partial charge in [0.25, 0.3) is 0 Å². The molecule has 0 saturated carbocycles. The molecular weight excluding hydrogens is 335 g/mol. The van der Waals surface area contributed by atoms with Gasteiger partial charge >= 0.3 is 12.0 Å². The lowest BCUT2D eigenvalue weighted by molar-refractivity contribution is -0.147. The molecule has 0 aliphatic carbocycles. The number of ether oxygens (including phenoxy) is 1. The molecule has 116 valence electrons. The Balaban J connectivity index is 2.59. The van der Waals surface area contributed by atoms with E-state index in [1.165, 1.54) is 0 Å². The van der Waals surface area contributed by atoms with E-state index < -0.39 is 18.0 Å². The molecule has 2 amide bonds. The maximum Gasteiger partial charge on any atom is 0.329 e. The van der Waals surface area contributed by atoms with Crippen molar-refractivity contribution in [1.82, 2.24) is 5.32 Å². The summed E-state index contributed by atoms with van der Waals surface area (Å²) in [6.07, 6.45) is 2.35. The third-order valence-electron chi connectivity index (χ3n) is 2.58. The van der Waals surface area contributed by atoms with Gasteiger partial charge in [-0.2, -0.15) is 11.8 Å². The van der Waals surface area contributed by atoms with Gasteiger partial charge < -0.3 is 15.8 Å². The minimum Gasteiger partial charge on any atom is -0.459 e. The minimum absolute atomic E-state index is 0.0476. The van der Waals surface area contributed by atoms with Crippen molar-refractivity contribution in [3.8, 4) is 0 Å². The van der Waals surface area contributed by atoms with Crippen LogP contribution in [0.25, 0.3) is 0 Å². The highest BCUT2D eigenvalue weighted by Crippen LogP contribution is 2.23. The molecule has 0 fully saturated rings. The highest BCUT2D eigenvalue weighted by molar-refractivity contribution is 7.98. The van der Waals surface area contributed by atoms with E-state index in [0.717, 1.165) is 0 Å². The van der Waals surface area contributed by atoms with E-state index in [-0.39, 0.29) is 6.61 Å². The van der Waals surface area contributed by atoms with Crippen LogP contribution >= 0.6 is 35.0 Å². The lowest BCUT2D eigenvalue weighted by atomic mass is 10.2. The molecule has 0 aliphatic heterocycles. The lowest BCUT2D eigenvalue weighted by Crippen LogP contribution is -2.44. The molecule has 0 unspecified atom stereocenters. The zero-order chi connectivity index (χ0) is 15.8. The van der Waals surface area contributed by atoms with Crippen LogP contribution < -0.4 is 11.1 Å². The van der Waals surface area contributed by atoms with Crippen molar-refractivity contribution in [1.29, 1.82) is 0 Å². The number of amides is 2. The van der Waals surface area contributed by atoms with Crippen LogP contribution in [0, 0.1) is 0 Å². The summed E-state index contributed by atoms with van der Waals surface area (Å²) in [6, 6.07) is 3.44. The van der Waals surface area contributed by atoms with Crippen LogP contribution in [0.5, 0.6) is 0 Å². The molecule has 0 bridgehead atoms. The van der Waals surface area contributed by atoms with Gasteiger partial charge in [-0.25, -0.2) is 9.59 Å². The first-order valence-electron chi connectivity index (χ1n) is 6.09. The van der Waals surface area contributed by atoms with E-state index in [2.05, 4.69) is 5.32 Å². The number of hydrogen-bond donors (Lipinski definition) is 2. The Hall–Kier alpha value is -1.11. The normalized spacial score (nSPS) is 11.8. The third-order valence-corrected chi connectivity index (χ3v) is 3.96. The number of thioether (sulfide) groups is 1. The maximum atomic E-state index is 11.9. The van der Waals surface area contributed by atoms with Crippen LogP contribution in [-0.2, 0) is 16.1 Å². The van der Waals surface area contributed by atoms with Gasteiger partial charge in [-0.05, 0) is 36.1 Å². The van der Waals surface area contributed by atoms with Crippen LogP contribution in [-0.4, -0.2) is 30.1 Å². The largest absolute Gasteiger partial charge is 0.459 e. The molecule has 0 radical (unpaired) electrons. The number of esters is 1. The first-order valence-corrected chi connectivity index (χ1v) is 8.24. The summed E-state index contributed by atoms with van der Waals surface area (Å²) in [4.78, 5) is 22.8. The summed E-state index contributed by atoms with van der Waals surface area (Å²) in [7, 11) is 0. The van der Waals surface area contributed by atoms with Crippen LogP contribution in [0.4, 0.5) is 4.79 Å². The Bertz CT molecular complexity index is 514. The fourth-order valence-corrected chi connectivity index (χ4v) is 2.33. The fraction of sp³-hybridized carbons (Fsp3) is 0.385. The number of carbonyl (C=O) groups is 2. The number of nitrogens with one attached hydrogen (secondary N) is 1. The molecule has 1 rings (SSSR count). The van der Waals surface area contributed by atoms with E-state index in [4.69, 9.17) is 33.7 Å². The monoisotopic (exact) mass is 350 g/mol. The quantitative estimate of drug-likeness (QED) is 0.740. The van der Waals surface area contributed by atoms with Crippen molar-refractivity contribution in [2.75, 3.05) is 12.0 Å². The Morgan fingerprint density at radius 1 is 1.38 bits per heavy atom. The first kappa shape index (κ1) is 17.9. The molecule has 0 heterocycles. The van der Waals surface area contributed by atoms with Gasteiger partial charge in [0, 0.05) is 0 Å². The van der Waals surface area contributed by atoms with Crippen molar-refractivity contribution < 1.29 is 14.3 Å². The van der Waals surface area contributed by atoms with Gasteiger partial charge in [0.1, 0.15) is 12.6 Å². The summed E-state index contributed by atoms with van der Waals surface area (Å²) in [5, 5.41) is 3.19. The molecule has 0 spiro atoms. The van der Waals surface area contributed by atoms with E-state index in [1.54, 1.807) is 30.0 Å². The second-order valence-electron chi connectivity index (χ2n) is 4.20. The Kier molecular flexibility index (Phi) is 7.71. The summed E-state index contributed by atoms with van der Waals surface area (Å²) in [5.74, 6) is 0.168. The summed E-state index contributed by atoms with van der Waals surface area (Å²) < 4.78 is 5.16. The number of nitrogens with two attached hydrogens (primary N) is 1. The number of halogens is 2. The highest BCUT2D eigenvalue weighted by atomic mass is 35.5. The zero-order valence-electron chi connectivity index (χ0n) is 11.4. The number of carbonyl (C=O) groups excluding carboxylic acids is 2. The van der Waals surface area contributed by atoms with Crippen LogP contribution in [0.3, 0.4) is 0 Å². The standard InChI is InChI=1S/C13H16Cl2N2O3S/c1-21-5-4-11(17-13(16)19)12(18)20-7-8-2-3-9(14)10(15)6-8/h2-3,6,11H,4-5,7H2,1H3,(H3,16,17,19)/t11-/m1/s1. The predicted molar refractivity (Wildman–Crippen MR) is 85.8 cm³/mol. The van der Waals surface area contributed by atoms with Gasteiger partial charge in [0.15, 0.2) is 0 Å². The molecule has 0 saturated heterocycles. The number of hydrogen-bond acceptors (Lipinski definition) is 4. The Morgan fingerprint density at radius 2 is 2.10 bits per heavy atom. The molecule has 3 N–H and O–H groups in total. The third kappa shape index (κ3) is 6.46. The molecule has 1 aromatic rings. The van der Waals surface area contributed by atoms with Gasteiger partial charge in [-0.1, -0.05) is 29.3 Å². The first-order chi connectivity index (χ1) is 9.93.